The van der Waals surface area contributed by atoms with E-state index in [9.17, 15) is 9.18 Å². The molecule has 0 fully saturated rings. The first-order valence-electron chi connectivity index (χ1n) is 6.57. The molecule has 0 saturated carbocycles. The molecule has 0 bridgehead atoms. The van der Waals surface area contributed by atoms with Crippen molar-refractivity contribution >= 4 is 5.97 Å². The van der Waals surface area contributed by atoms with Crippen molar-refractivity contribution in [1.82, 2.24) is 0 Å². The summed E-state index contributed by atoms with van der Waals surface area (Å²) in [4.78, 5) is 11.8. The summed E-state index contributed by atoms with van der Waals surface area (Å²) in [6.07, 6.45) is 0.831. The van der Waals surface area contributed by atoms with Crippen LogP contribution in [0.1, 0.15) is 23.1 Å². The SMILES string of the molecule is Cc1ccc(OC(=O)CCc2ccc(F)cc2C)cc1. The van der Waals surface area contributed by atoms with Crippen LogP contribution in [0.2, 0.25) is 0 Å². The lowest BCUT2D eigenvalue weighted by Crippen LogP contribution is -2.09. The normalized spacial score (nSPS) is 10.3. The Hall–Kier alpha value is -2.16. The maximum Gasteiger partial charge on any atom is 0.311 e. The molecular formula is C17H17FO2. The van der Waals surface area contributed by atoms with Gasteiger partial charge >= 0.3 is 5.97 Å². The first-order chi connectivity index (χ1) is 9.54. The first kappa shape index (κ1) is 14.3. The number of ether oxygens (including phenoxy) is 1. The zero-order valence-corrected chi connectivity index (χ0v) is 11.7. The van der Waals surface area contributed by atoms with Crippen LogP contribution in [-0.2, 0) is 11.2 Å². The van der Waals surface area contributed by atoms with Gasteiger partial charge in [-0.1, -0.05) is 23.8 Å². The van der Waals surface area contributed by atoms with Crippen molar-refractivity contribution in [2.45, 2.75) is 26.7 Å². The summed E-state index contributed by atoms with van der Waals surface area (Å²) in [6, 6.07) is 11.9. The molecule has 3 heteroatoms. The van der Waals surface area contributed by atoms with Crippen LogP contribution < -0.4 is 4.74 Å². The van der Waals surface area contributed by atoms with E-state index < -0.39 is 0 Å². The second kappa shape index (κ2) is 6.33. The molecule has 0 N–H and O–H groups in total. The zero-order chi connectivity index (χ0) is 14.5. The highest BCUT2D eigenvalue weighted by atomic mass is 19.1. The van der Waals surface area contributed by atoms with Crippen LogP contribution in [0.25, 0.3) is 0 Å². The predicted molar refractivity (Wildman–Crippen MR) is 76.3 cm³/mol. The Kier molecular flexibility index (Phi) is 4.51. The molecule has 2 nitrogen and oxygen atoms in total. The van der Waals surface area contributed by atoms with Gasteiger partial charge in [0.15, 0.2) is 0 Å². The Bertz CT molecular complexity index is 603. The summed E-state index contributed by atoms with van der Waals surface area (Å²) in [6.45, 7) is 3.81. The van der Waals surface area contributed by atoms with Gasteiger partial charge in [0.2, 0.25) is 0 Å². The highest BCUT2D eigenvalue weighted by Gasteiger charge is 2.07. The number of rotatable bonds is 4. The lowest BCUT2D eigenvalue weighted by Gasteiger charge is -2.07. The van der Waals surface area contributed by atoms with E-state index >= 15 is 0 Å². The maximum absolute atomic E-state index is 13.0. The largest absolute Gasteiger partial charge is 0.427 e. The molecule has 0 aromatic heterocycles. The zero-order valence-electron chi connectivity index (χ0n) is 11.7. The number of carbonyl (C=O) groups is 1. The molecule has 0 atom stereocenters. The van der Waals surface area contributed by atoms with Gasteiger partial charge in [0.25, 0.3) is 0 Å². The molecule has 0 aliphatic carbocycles. The lowest BCUT2D eigenvalue weighted by molar-refractivity contribution is -0.134. The van der Waals surface area contributed by atoms with E-state index in [2.05, 4.69) is 0 Å². The van der Waals surface area contributed by atoms with E-state index in [0.717, 1.165) is 16.7 Å². The van der Waals surface area contributed by atoms with Crippen LogP contribution >= 0.6 is 0 Å². The molecule has 0 amide bonds. The molecule has 20 heavy (non-hydrogen) atoms. The third-order valence-corrected chi connectivity index (χ3v) is 3.16. The number of esters is 1. The summed E-state index contributed by atoms with van der Waals surface area (Å²) < 4.78 is 18.2. The van der Waals surface area contributed by atoms with Gasteiger partial charge in [-0.05, 0) is 55.7 Å². The summed E-state index contributed by atoms with van der Waals surface area (Å²) in [5.74, 6) is 0.0162. The van der Waals surface area contributed by atoms with Gasteiger partial charge in [-0.25, -0.2) is 4.39 Å². The standard InChI is InChI=1S/C17H17FO2/c1-12-3-8-16(9-4-12)20-17(19)10-6-14-5-7-15(18)11-13(14)2/h3-5,7-9,11H,6,10H2,1-2H3. The van der Waals surface area contributed by atoms with E-state index in [1.54, 1.807) is 18.2 Å². The Balaban J connectivity index is 1.90. The molecule has 0 saturated heterocycles. The van der Waals surface area contributed by atoms with Gasteiger partial charge in [-0.15, -0.1) is 0 Å². The van der Waals surface area contributed by atoms with Crippen LogP contribution in [0, 0.1) is 19.7 Å². The van der Waals surface area contributed by atoms with Gasteiger partial charge < -0.3 is 4.74 Å². The lowest BCUT2D eigenvalue weighted by atomic mass is 10.0. The first-order valence-corrected chi connectivity index (χ1v) is 6.57. The fourth-order valence-electron chi connectivity index (χ4n) is 1.97. The van der Waals surface area contributed by atoms with Crippen LogP contribution in [-0.4, -0.2) is 5.97 Å². The molecular weight excluding hydrogens is 255 g/mol. The molecule has 0 unspecified atom stereocenters. The minimum Gasteiger partial charge on any atom is -0.427 e. The average molecular weight is 272 g/mol. The van der Waals surface area contributed by atoms with Crippen molar-refractivity contribution in [1.29, 1.82) is 0 Å². The number of hydrogen-bond acceptors (Lipinski definition) is 2. The van der Waals surface area contributed by atoms with Crippen molar-refractivity contribution in [3.8, 4) is 5.75 Å². The fourth-order valence-corrected chi connectivity index (χ4v) is 1.97. The second-order valence-corrected chi connectivity index (χ2v) is 4.86. The minimum atomic E-state index is -0.280. The third kappa shape index (κ3) is 3.92. The molecule has 104 valence electrons. The van der Waals surface area contributed by atoms with Gasteiger partial charge in [-0.3, -0.25) is 4.79 Å². The number of benzene rings is 2. The van der Waals surface area contributed by atoms with Crippen molar-refractivity contribution in [2.24, 2.45) is 0 Å². The van der Waals surface area contributed by atoms with Crippen LogP contribution in [0.15, 0.2) is 42.5 Å². The van der Waals surface area contributed by atoms with Crippen LogP contribution in [0.3, 0.4) is 0 Å². The Morgan fingerprint density at radius 2 is 1.80 bits per heavy atom. The van der Waals surface area contributed by atoms with Gasteiger partial charge in [0.1, 0.15) is 11.6 Å². The van der Waals surface area contributed by atoms with E-state index in [4.69, 9.17) is 4.74 Å². The monoisotopic (exact) mass is 272 g/mol. The smallest absolute Gasteiger partial charge is 0.311 e. The predicted octanol–water partition coefficient (Wildman–Crippen LogP) is 3.98. The molecule has 0 heterocycles. The van der Waals surface area contributed by atoms with Crippen molar-refractivity contribution in [3.05, 3.63) is 65.0 Å². The fraction of sp³-hybridized carbons (Fsp3) is 0.235. The second-order valence-electron chi connectivity index (χ2n) is 4.86. The summed E-state index contributed by atoms with van der Waals surface area (Å²) in [5, 5.41) is 0. The number of halogens is 1. The number of hydrogen-bond donors (Lipinski definition) is 0. The van der Waals surface area contributed by atoms with Crippen molar-refractivity contribution < 1.29 is 13.9 Å². The third-order valence-electron chi connectivity index (χ3n) is 3.16. The quantitative estimate of drug-likeness (QED) is 0.621. The van der Waals surface area contributed by atoms with Gasteiger partial charge in [0.05, 0.1) is 0 Å². The topological polar surface area (TPSA) is 26.3 Å². The highest BCUT2D eigenvalue weighted by molar-refractivity contribution is 5.72. The van der Waals surface area contributed by atoms with E-state index in [-0.39, 0.29) is 18.2 Å². The van der Waals surface area contributed by atoms with E-state index in [1.807, 2.05) is 26.0 Å². The molecule has 0 spiro atoms. The van der Waals surface area contributed by atoms with Crippen molar-refractivity contribution in [3.63, 3.8) is 0 Å². The van der Waals surface area contributed by atoms with Crippen molar-refractivity contribution in [2.75, 3.05) is 0 Å². The average Bonchev–Trinajstić information content (AvgIpc) is 2.40. The number of carbonyl (C=O) groups excluding carboxylic acids is 1. The highest BCUT2D eigenvalue weighted by Crippen LogP contribution is 2.15. The summed E-state index contributed by atoms with van der Waals surface area (Å²) in [7, 11) is 0. The Labute approximate surface area is 118 Å². The molecule has 2 aromatic carbocycles. The van der Waals surface area contributed by atoms with E-state index in [1.165, 1.54) is 12.1 Å². The summed E-state index contributed by atoms with van der Waals surface area (Å²) in [5.41, 5.74) is 2.94. The molecule has 0 radical (unpaired) electrons. The Morgan fingerprint density at radius 3 is 2.45 bits per heavy atom. The summed E-state index contributed by atoms with van der Waals surface area (Å²) >= 11 is 0. The number of aryl methyl sites for hydroxylation is 3. The molecule has 2 aromatic rings. The van der Waals surface area contributed by atoms with Crippen LogP contribution in [0.5, 0.6) is 5.75 Å². The molecule has 0 aliphatic rings. The van der Waals surface area contributed by atoms with Gasteiger partial charge in [-0.2, -0.15) is 0 Å². The minimum absolute atomic E-state index is 0.256. The molecule has 2 rings (SSSR count). The Morgan fingerprint density at radius 1 is 1.10 bits per heavy atom. The molecule has 0 aliphatic heterocycles. The van der Waals surface area contributed by atoms with Gasteiger partial charge in [0, 0.05) is 6.42 Å². The van der Waals surface area contributed by atoms with Crippen LogP contribution in [0.4, 0.5) is 4.39 Å². The van der Waals surface area contributed by atoms with E-state index in [0.29, 0.717) is 12.2 Å². The maximum atomic E-state index is 13.0.